The Hall–Kier alpha value is -1.77. The molecule has 1 saturated carbocycles. The van der Waals surface area contributed by atoms with Crippen LogP contribution < -0.4 is 5.32 Å². The third kappa shape index (κ3) is 2.26. The summed E-state index contributed by atoms with van der Waals surface area (Å²) in [6.07, 6.45) is 7.92. The third-order valence-electron chi connectivity index (χ3n) is 3.76. The number of carbonyl (C=O) groups excluding carboxylic acids is 1. The molecule has 0 spiro atoms. The lowest BCUT2D eigenvalue weighted by Gasteiger charge is -2.22. The van der Waals surface area contributed by atoms with Gasteiger partial charge in [-0.1, -0.05) is 25.3 Å². The van der Waals surface area contributed by atoms with Gasteiger partial charge < -0.3 is 10.3 Å². The fourth-order valence-corrected chi connectivity index (χ4v) is 2.70. The summed E-state index contributed by atoms with van der Waals surface area (Å²) in [5, 5.41) is 4.28. The van der Waals surface area contributed by atoms with Crippen LogP contribution in [-0.4, -0.2) is 16.9 Å². The van der Waals surface area contributed by atoms with Crippen LogP contribution >= 0.6 is 0 Å². The first-order valence-corrected chi connectivity index (χ1v) is 6.71. The van der Waals surface area contributed by atoms with Gasteiger partial charge in [-0.2, -0.15) is 0 Å². The van der Waals surface area contributed by atoms with E-state index in [9.17, 15) is 4.79 Å². The summed E-state index contributed by atoms with van der Waals surface area (Å²) in [4.78, 5) is 15.3. The first-order valence-electron chi connectivity index (χ1n) is 6.71. The second-order valence-corrected chi connectivity index (χ2v) is 5.09. The average Bonchev–Trinajstić information content (AvgIpc) is 2.87. The minimum absolute atomic E-state index is 0.0541. The van der Waals surface area contributed by atoms with Crippen LogP contribution in [-0.2, 0) is 0 Å². The number of aromatic nitrogens is 1. The highest BCUT2D eigenvalue weighted by molar-refractivity contribution is 5.98. The van der Waals surface area contributed by atoms with E-state index in [2.05, 4.69) is 10.3 Å². The lowest BCUT2D eigenvalue weighted by molar-refractivity contribution is 0.0928. The molecular formula is C15H18N2O. The van der Waals surface area contributed by atoms with E-state index in [1.807, 2.05) is 30.5 Å². The maximum absolute atomic E-state index is 12.2. The second-order valence-electron chi connectivity index (χ2n) is 5.09. The Morgan fingerprint density at radius 2 is 2.00 bits per heavy atom. The van der Waals surface area contributed by atoms with Crippen LogP contribution in [0.2, 0.25) is 0 Å². The molecule has 0 bridgehead atoms. The van der Waals surface area contributed by atoms with Gasteiger partial charge in [0, 0.05) is 23.3 Å². The molecule has 0 aliphatic heterocycles. The van der Waals surface area contributed by atoms with E-state index >= 15 is 0 Å². The van der Waals surface area contributed by atoms with E-state index in [0.717, 1.165) is 29.3 Å². The fourth-order valence-electron chi connectivity index (χ4n) is 2.70. The van der Waals surface area contributed by atoms with Crippen molar-refractivity contribution in [2.45, 2.75) is 38.1 Å². The van der Waals surface area contributed by atoms with Crippen molar-refractivity contribution in [1.82, 2.24) is 10.3 Å². The summed E-state index contributed by atoms with van der Waals surface area (Å²) in [6.45, 7) is 0. The minimum atomic E-state index is 0.0541. The van der Waals surface area contributed by atoms with Crippen molar-refractivity contribution < 1.29 is 4.79 Å². The molecule has 94 valence electrons. The Morgan fingerprint density at radius 3 is 2.83 bits per heavy atom. The quantitative estimate of drug-likeness (QED) is 0.834. The lowest BCUT2D eigenvalue weighted by Crippen LogP contribution is -2.36. The number of H-pyrrole nitrogens is 1. The number of hydrogen-bond acceptors (Lipinski definition) is 1. The standard InChI is InChI=1S/C15H18N2O/c18-15(17-13-4-2-1-3-5-13)12-7-6-11-8-9-16-14(11)10-12/h6-10,13,16H,1-5H2,(H,17,18). The van der Waals surface area contributed by atoms with E-state index in [1.165, 1.54) is 19.3 Å². The molecule has 0 unspecified atom stereocenters. The molecule has 3 heteroatoms. The highest BCUT2D eigenvalue weighted by Crippen LogP contribution is 2.19. The highest BCUT2D eigenvalue weighted by Gasteiger charge is 2.16. The van der Waals surface area contributed by atoms with Crippen LogP contribution in [0.25, 0.3) is 10.9 Å². The maximum atomic E-state index is 12.2. The molecule has 2 aromatic rings. The smallest absolute Gasteiger partial charge is 0.251 e. The summed E-state index contributed by atoms with van der Waals surface area (Å²) in [6, 6.07) is 8.19. The molecule has 3 nitrogen and oxygen atoms in total. The predicted molar refractivity (Wildman–Crippen MR) is 72.6 cm³/mol. The Kier molecular flexibility index (Phi) is 3.05. The Labute approximate surface area is 107 Å². The summed E-state index contributed by atoms with van der Waals surface area (Å²) < 4.78 is 0. The van der Waals surface area contributed by atoms with Crippen molar-refractivity contribution in [3.8, 4) is 0 Å². The monoisotopic (exact) mass is 242 g/mol. The number of amides is 1. The molecule has 1 heterocycles. The average molecular weight is 242 g/mol. The lowest BCUT2D eigenvalue weighted by atomic mass is 9.95. The largest absolute Gasteiger partial charge is 0.361 e. The number of carbonyl (C=O) groups is 1. The van der Waals surface area contributed by atoms with Crippen LogP contribution in [0.15, 0.2) is 30.5 Å². The van der Waals surface area contributed by atoms with Crippen molar-refractivity contribution in [3.63, 3.8) is 0 Å². The second kappa shape index (κ2) is 4.84. The number of aromatic amines is 1. The predicted octanol–water partition coefficient (Wildman–Crippen LogP) is 3.23. The molecule has 1 aliphatic rings. The number of hydrogen-bond donors (Lipinski definition) is 2. The molecule has 3 rings (SSSR count). The number of nitrogens with one attached hydrogen (secondary N) is 2. The molecule has 1 aromatic carbocycles. The summed E-state index contributed by atoms with van der Waals surface area (Å²) in [7, 11) is 0. The zero-order valence-corrected chi connectivity index (χ0v) is 10.4. The van der Waals surface area contributed by atoms with Crippen molar-refractivity contribution in [2.24, 2.45) is 0 Å². The molecular weight excluding hydrogens is 224 g/mol. The van der Waals surface area contributed by atoms with Crippen LogP contribution in [0.4, 0.5) is 0 Å². The van der Waals surface area contributed by atoms with Crippen LogP contribution in [0, 0.1) is 0 Å². The van der Waals surface area contributed by atoms with Crippen LogP contribution in [0.1, 0.15) is 42.5 Å². The van der Waals surface area contributed by atoms with E-state index in [1.54, 1.807) is 0 Å². The van der Waals surface area contributed by atoms with Gasteiger partial charge in [0.2, 0.25) is 0 Å². The molecule has 1 aliphatic carbocycles. The van der Waals surface area contributed by atoms with E-state index in [-0.39, 0.29) is 5.91 Å². The van der Waals surface area contributed by atoms with Gasteiger partial charge in [0.05, 0.1) is 0 Å². The van der Waals surface area contributed by atoms with Gasteiger partial charge >= 0.3 is 0 Å². The topological polar surface area (TPSA) is 44.9 Å². The Morgan fingerprint density at radius 1 is 1.17 bits per heavy atom. The highest BCUT2D eigenvalue weighted by atomic mass is 16.1. The maximum Gasteiger partial charge on any atom is 0.251 e. The normalized spacial score (nSPS) is 16.9. The summed E-state index contributed by atoms with van der Waals surface area (Å²) in [5.74, 6) is 0.0541. The van der Waals surface area contributed by atoms with E-state index in [4.69, 9.17) is 0 Å². The number of fused-ring (bicyclic) bond motifs is 1. The molecule has 0 atom stereocenters. The Bertz CT molecular complexity index is 552. The van der Waals surface area contributed by atoms with Crippen molar-refractivity contribution >= 4 is 16.8 Å². The molecule has 18 heavy (non-hydrogen) atoms. The van der Waals surface area contributed by atoms with Crippen molar-refractivity contribution in [1.29, 1.82) is 0 Å². The third-order valence-corrected chi connectivity index (χ3v) is 3.76. The molecule has 0 radical (unpaired) electrons. The van der Waals surface area contributed by atoms with Gasteiger partial charge in [0.25, 0.3) is 5.91 Å². The molecule has 1 amide bonds. The Balaban J connectivity index is 1.74. The van der Waals surface area contributed by atoms with Gasteiger partial charge in [-0.25, -0.2) is 0 Å². The van der Waals surface area contributed by atoms with Gasteiger partial charge in [-0.3, -0.25) is 4.79 Å². The zero-order valence-electron chi connectivity index (χ0n) is 10.4. The molecule has 0 saturated heterocycles. The SMILES string of the molecule is O=C(NC1CCCCC1)c1ccc2cc[nH]c2c1. The van der Waals surface area contributed by atoms with E-state index in [0.29, 0.717) is 6.04 Å². The zero-order chi connectivity index (χ0) is 12.4. The van der Waals surface area contributed by atoms with Crippen LogP contribution in [0.3, 0.4) is 0 Å². The summed E-state index contributed by atoms with van der Waals surface area (Å²) in [5.41, 5.74) is 1.77. The van der Waals surface area contributed by atoms with Gasteiger partial charge in [-0.15, -0.1) is 0 Å². The molecule has 1 aromatic heterocycles. The first-order chi connectivity index (χ1) is 8.83. The van der Waals surface area contributed by atoms with Gasteiger partial charge in [0.1, 0.15) is 0 Å². The first kappa shape index (κ1) is 11.3. The van der Waals surface area contributed by atoms with Crippen molar-refractivity contribution in [3.05, 3.63) is 36.0 Å². The van der Waals surface area contributed by atoms with Crippen LogP contribution in [0.5, 0.6) is 0 Å². The molecule has 2 N–H and O–H groups in total. The minimum Gasteiger partial charge on any atom is -0.361 e. The number of benzene rings is 1. The number of rotatable bonds is 2. The molecule has 1 fully saturated rings. The van der Waals surface area contributed by atoms with E-state index < -0.39 is 0 Å². The van der Waals surface area contributed by atoms with Crippen molar-refractivity contribution in [2.75, 3.05) is 0 Å². The summed E-state index contributed by atoms with van der Waals surface area (Å²) >= 11 is 0. The fraction of sp³-hybridized carbons (Fsp3) is 0.400. The van der Waals surface area contributed by atoms with Gasteiger partial charge in [-0.05, 0) is 36.4 Å². The van der Waals surface area contributed by atoms with Gasteiger partial charge in [0.15, 0.2) is 0 Å².